The van der Waals surface area contributed by atoms with Gasteiger partial charge < -0.3 is 10.1 Å². The number of pyridine rings is 1. The number of carbonyl (C=O) groups is 1. The monoisotopic (exact) mass is 329 g/mol. The number of ether oxygens (including phenoxy) is 1. The van der Waals surface area contributed by atoms with Gasteiger partial charge in [-0.2, -0.15) is 0 Å². The van der Waals surface area contributed by atoms with Crippen molar-refractivity contribution in [2.75, 3.05) is 32.8 Å². The number of hydrogen-bond donors (Lipinski definition) is 1. The van der Waals surface area contributed by atoms with E-state index in [1.165, 1.54) is 32.1 Å². The number of nitrogens with one attached hydrogen (secondary N) is 1. The Morgan fingerprint density at radius 1 is 1.29 bits per heavy atom. The van der Waals surface area contributed by atoms with E-state index in [2.05, 4.69) is 15.2 Å². The van der Waals surface area contributed by atoms with Crippen LogP contribution in [-0.4, -0.2) is 54.2 Å². The third-order valence-electron chi connectivity index (χ3n) is 5.17. The van der Waals surface area contributed by atoms with Gasteiger partial charge in [0.25, 0.3) is 0 Å². The van der Waals surface area contributed by atoms with Crippen LogP contribution in [0.1, 0.15) is 37.7 Å². The fourth-order valence-corrected chi connectivity index (χ4v) is 3.81. The summed E-state index contributed by atoms with van der Waals surface area (Å²) in [6.07, 6.45) is 13.0. The number of hydrogen-bond acceptors (Lipinski definition) is 4. The van der Waals surface area contributed by atoms with Crippen LogP contribution in [-0.2, 0) is 9.53 Å². The summed E-state index contributed by atoms with van der Waals surface area (Å²) in [5, 5.41) is 3.13. The molecule has 1 amide bonds. The third kappa shape index (κ3) is 4.42. The van der Waals surface area contributed by atoms with Crippen molar-refractivity contribution in [3.63, 3.8) is 0 Å². The number of amides is 1. The molecule has 1 aliphatic heterocycles. The molecule has 0 unspecified atom stereocenters. The van der Waals surface area contributed by atoms with Gasteiger partial charge >= 0.3 is 0 Å². The van der Waals surface area contributed by atoms with Gasteiger partial charge in [-0.3, -0.25) is 14.7 Å². The first kappa shape index (κ1) is 17.1. The van der Waals surface area contributed by atoms with E-state index in [0.717, 1.165) is 38.4 Å². The summed E-state index contributed by atoms with van der Waals surface area (Å²) in [4.78, 5) is 18.8. The Kier molecular flexibility index (Phi) is 5.99. The lowest BCUT2D eigenvalue weighted by Gasteiger charge is -2.48. The summed E-state index contributed by atoms with van der Waals surface area (Å²) in [6, 6.07) is 3.81. The Balaban J connectivity index is 1.58. The molecule has 1 N–H and O–H groups in total. The minimum Gasteiger partial charge on any atom is -0.379 e. The number of nitrogens with zero attached hydrogens (tertiary/aromatic N) is 2. The molecule has 0 atom stereocenters. The van der Waals surface area contributed by atoms with Gasteiger partial charge in [0, 0.05) is 43.6 Å². The summed E-state index contributed by atoms with van der Waals surface area (Å²) in [5.41, 5.74) is 1.05. The van der Waals surface area contributed by atoms with Crippen molar-refractivity contribution >= 4 is 12.0 Å². The van der Waals surface area contributed by atoms with Crippen LogP contribution >= 0.6 is 0 Å². The van der Waals surface area contributed by atoms with Gasteiger partial charge in [0.05, 0.1) is 13.2 Å². The molecule has 0 bridgehead atoms. The highest BCUT2D eigenvalue weighted by molar-refractivity contribution is 5.91. The highest BCUT2D eigenvalue weighted by Gasteiger charge is 2.38. The van der Waals surface area contributed by atoms with E-state index in [0.29, 0.717) is 0 Å². The van der Waals surface area contributed by atoms with E-state index < -0.39 is 0 Å². The zero-order chi connectivity index (χ0) is 16.7. The molecule has 2 fully saturated rings. The van der Waals surface area contributed by atoms with Crippen molar-refractivity contribution in [2.24, 2.45) is 0 Å². The zero-order valence-corrected chi connectivity index (χ0v) is 14.2. The molecule has 1 saturated heterocycles. The van der Waals surface area contributed by atoms with E-state index in [-0.39, 0.29) is 11.4 Å². The molecule has 1 saturated carbocycles. The molecule has 1 aromatic heterocycles. The highest BCUT2D eigenvalue weighted by Crippen LogP contribution is 2.33. The van der Waals surface area contributed by atoms with Crippen LogP contribution in [0.2, 0.25) is 0 Å². The number of rotatable bonds is 5. The standard InChI is InChI=1S/C19H27N3O2/c23-18(7-6-17-5-4-10-20-15-17)21-16-19(8-2-1-3-9-19)22-11-13-24-14-12-22/h4-7,10,15H,1-3,8-9,11-14,16H2,(H,21,23)/b7-6+. The van der Waals surface area contributed by atoms with Gasteiger partial charge in [-0.15, -0.1) is 0 Å². The molecule has 5 heteroatoms. The molecule has 3 rings (SSSR count). The number of carbonyl (C=O) groups excluding carboxylic acids is 1. The Labute approximate surface area is 144 Å². The van der Waals surface area contributed by atoms with Crippen molar-refractivity contribution < 1.29 is 9.53 Å². The second-order valence-corrected chi connectivity index (χ2v) is 6.72. The van der Waals surface area contributed by atoms with E-state index in [1.54, 1.807) is 18.5 Å². The fourth-order valence-electron chi connectivity index (χ4n) is 3.81. The van der Waals surface area contributed by atoms with Crippen molar-refractivity contribution in [2.45, 2.75) is 37.6 Å². The molecule has 24 heavy (non-hydrogen) atoms. The van der Waals surface area contributed by atoms with Gasteiger partial charge in [0.15, 0.2) is 0 Å². The van der Waals surface area contributed by atoms with Gasteiger partial charge in [-0.05, 0) is 30.5 Å². The van der Waals surface area contributed by atoms with Gasteiger partial charge in [0.2, 0.25) is 5.91 Å². The largest absolute Gasteiger partial charge is 0.379 e. The molecule has 2 aliphatic rings. The van der Waals surface area contributed by atoms with Gasteiger partial charge in [-0.25, -0.2) is 0 Å². The molecule has 0 spiro atoms. The predicted octanol–water partition coefficient (Wildman–Crippen LogP) is 2.25. The second-order valence-electron chi connectivity index (χ2n) is 6.72. The van der Waals surface area contributed by atoms with Crippen molar-refractivity contribution in [3.8, 4) is 0 Å². The molecular formula is C19H27N3O2. The quantitative estimate of drug-likeness (QED) is 0.842. The van der Waals surface area contributed by atoms with E-state index in [1.807, 2.05) is 18.2 Å². The molecule has 0 aromatic carbocycles. The lowest BCUT2D eigenvalue weighted by atomic mass is 9.79. The van der Waals surface area contributed by atoms with E-state index >= 15 is 0 Å². The minimum absolute atomic E-state index is 0.0305. The average molecular weight is 329 g/mol. The van der Waals surface area contributed by atoms with E-state index in [9.17, 15) is 4.79 Å². The van der Waals surface area contributed by atoms with Crippen LogP contribution in [0.15, 0.2) is 30.6 Å². The first-order chi connectivity index (χ1) is 11.8. The van der Waals surface area contributed by atoms with Crippen LogP contribution in [0.4, 0.5) is 0 Å². The SMILES string of the molecule is O=C(/C=C/c1cccnc1)NCC1(N2CCOCC2)CCCCC1. The molecule has 0 radical (unpaired) electrons. The van der Waals surface area contributed by atoms with Crippen molar-refractivity contribution in [1.29, 1.82) is 0 Å². The first-order valence-electron chi connectivity index (χ1n) is 8.97. The lowest BCUT2D eigenvalue weighted by Crippen LogP contribution is -2.59. The maximum atomic E-state index is 12.2. The van der Waals surface area contributed by atoms with Crippen LogP contribution in [0.25, 0.3) is 6.08 Å². The number of aromatic nitrogens is 1. The average Bonchev–Trinajstić information content (AvgIpc) is 2.67. The van der Waals surface area contributed by atoms with Crippen LogP contribution in [0.3, 0.4) is 0 Å². The molecule has 2 heterocycles. The van der Waals surface area contributed by atoms with Crippen molar-refractivity contribution in [3.05, 3.63) is 36.2 Å². The maximum Gasteiger partial charge on any atom is 0.244 e. The Morgan fingerprint density at radius 2 is 2.08 bits per heavy atom. The molecule has 1 aromatic rings. The Morgan fingerprint density at radius 3 is 2.79 bits per heavy atom. The topological polar surface area (TPSA) is 54.5 Å². The summed E-state index contributed by atoms with van der Waals surface area (Å²) in [6.45, 7) is 4.28. The summed E-state index contributed by atoms with van der Waals surface area (Å²) >= 11 is 0. The summed E-state index contributed by atoms with van der Waals surface area (Å²) < 4.78 is 5.50. The summed E-state index contributed by atoms with van der Waals surface area (Å²) in [7, 11) is 0. The van der Waals surface area contributed by atoms with E-state index in [4.69, 9.17) is 4.74 Å². The summed E-state index contributed by atoms with van der Waals surface area (Å²) in [5.74, 6) is -0.0305. The Bertz CT molecular complexity index is 547. The second kappa shape index (κ2) is 8.40. The van der Waals surface area contributed by atoms with Gasteiger partial charge in [-0.1, -0.05) is 25.3 Å². The van der Waals surface area contributed by atoms with Crippen LogP contribution < -0.4 is 5.32 Å². The van der Waals surface area contributed by atoms with Gasteiger partial charge in [0.1, 0.15) is 0 Å². The zero-order valence-electron chi connectivity index (χ0n) is 14.2. The highest BCUT2D eigenvalue weighted by atomic mass is 16.5. The predicted molar refractivity (Wildman–Crippen MR) is 94.5 cm³/mol. The first-order valence-corrected chi connectivity index (χ1v) is 8.97. The normalized spacial score (nSPS) is 21.7. The molecular weight excluding hydrogens is 302 g/mol. The molecule has 130 valence electrons. The molecule has 5 nitrogen and oxygen atoms in total. The minimum atomic E-state index is -0.0305. The Hall–Kier alpha value is -1.72. The number of morpholine rings is 1. The third-order valence-corrected chi connectivity index (χ3v) is 5.17. The lowest BCUT2D eigenvalue weighted by molar-refractivity contribution is -0.117. The maximum absolute atomic E-state index is 12.2. The fraction of sp³-hybridized carbons (Fsp3) is 0.579. The van der Waals surface area contributed by atoms with Crippen molar-refractivity contribution in [1.82, 2.24) is 15.2 Å². The van der Waals surface area contributed by atoms with Crippen LogP contribution in [0.5, 0.6) is 0 Å². The molecule has 1 aliphatic carbocycles. The van der Waals surface area contributed by atoms with Crippen LogP contribution in [0, 0.1) is 0 Å². The smallest absolute Gasteiger partial charge is 0.244 e.